The van der Waals surface area contributed by atoms with Crippen molar-refractivity contribution in [3.63, 3.8) is 0 Å². The van der Waals surface area contributed by atoms with E-state index in [-0.39, 0.29) is 0 Å². The first-order valence-electron chi connectivity index (χ1n) is 4.46. The monoisotopic (exact) mass is 176 g/mol. The Morgan fingerprint density at radius 3 is 3.15 bits per heavy atom. The van der Waals surface area contributed by atoms with Crippen LogP contribution in [-0.4, -0.2) is 34.5 Å². The van der Waals surface area contributed by atoms with Crippen molar-refractivity contribution in [3.05, 3.63) is 24.0 Å². The summed E-state index contributed by atoms with van der Waals surface area (Å²) in [5.41, 5.74) is 0.996. The van der Waals surface area contributed by atoms with Gasteiger partial charge in [-0.15, -0.1) is 0 Å². The van der Waals surface area contributed by atoms with Crippen LogP contribution in [0.1, 0.15) is 12.1 Å². The Hall–Kier alpha value is -1.45. The highest BCUT2D eigenvalue weighted by atomic mass is 15.2. The molecule has 0 saturated carbocycles. The van der Waals surface area contributed by atoms with Crippen molar-refractivity contribution in [2.45, 2.75) is 13.0 Å². The number of aliphatic imine (C=N–C) groups is 1. The molecule has 2 heterocycles. The summed E-state index contributed by atoms with van der Waals surface area (Å²) in [5.74, 6) is 0. The average molecular weight is 176 g/mol. The van der Waals surface area contributed by atoms with Crippen molar-refractivity contribution in [1.82, 2.24) is 15.1 Å². The molecule has 13 heavy (non-hydrogen) atoms. The van der Waals surface area contributed by atoms with Gasteiger partial charge in [0.15, 0.2) is 0 Å². The van der Waals surface area contributed by atoms with E-state index in [0.717, 1.165) is 31.7 Å². The Balaban J connectivity index is 1.98. The first-order chi connectivity index (χ1) is 6.45. The summed E-state index contributed by atoms with van der Waals surface area (Å²) >= 11 is 0. The van der Waals surface area contributed by atoms with Gasteiger partial charge in [-0.3, -0.25) is 4.99 Å². The maximum Gasteiger partial charge on any atom is 0.0853 e. The van der Waals surface area contributed by atoms with E-state index in [4.69, 9.17) is 0 Å². The van der Waals surface area contributed by atoms with Crippen LogP contribution in [0.25, 0.3) is 0 Å². The van der Waals surface area contributed by atoms with Gasteiger partial charge in [0.2, 0.25) is 0 Å². The normalized spacial score (nSPS) is 16.2. The van der Waals surface area contributed by atoms with Crippen LogP contribution in [0.5, 0.6) is 0 Å². The van der Waals surface area contributed by atoms with Gasteiger partial charge in [-0.05, 0) is 18.6 Å². The lowest BCUT2D eigenvalue weighted by Crippen LogP contribution is -2.27. The molecule has 1 aromatic heterocycles. The predicted molar refractivity (Wildman–Crippen MR) is 50.4 cm³/mol. The first-order valence-corrected chi connectivity index (χ1v) is 4.46. The van der Waals surface area contributed by atoms with Crippen LogP contribution >= 0.6 is 0 Å². The molecule has 1 aliphatic rings. The minimum absolute atomic E-state index is 0.817. The minimum Gasteiger partial charge on any atom is -0.357 e. The molecule has 2 rings (SSSR count). The summed E-state index contributed by atoms with van der Waals surface area (Å²) in [4.78, 5) is 6.37. The Morgan fingerprint density at radius 2 is 2.46 bits per heavy atom. The van der Waals surface area contributed by atoms with Gasteiger partial charge in [-0.25, -0.2) is 0 Å². The second kappa shape index (κ2) is 3.98. The fourth-order valence-electron chi connectivity index (χ4n) is 1.34. The van der Waals surface area contributed by atoms with E-state index in [1.807, 2.05) is 18.5 Å². The molecule has 1 aromatic rings. The van der Waals surface area contributed by atoms with Gasteiger partial charge in [0.05, 0.1) is 18.6 Å². The van der Waals surface area contributed by atoms with E-state index >= 15 is 0 Å². The first kappa shape index (κ1) is 8.16. The van der Waals surface area contributed by atoms with Gasteiger partial charge in [0, 0.05) is 19.3 Å². The van der Waals surface area contributed by atoms with Crippen molar-refractivity contribution in [3.8, 4) is 0 Å². The second-order valence-electron chi connectivity index (χ2n) is 3.06. The van der Waals surface area contributed by atoms with Crippen LogP contribution in [0.3, 0.4) is 0 Å². The van der Waals surface area contributed by atoms with Crippen molar-refractivity contribution in [2.24, 2.45) is 4.99 Å². The Labute approximate surface area is 77.3 Å². The lowest BCUT2D eigenvalue weighted by atomic mass is 10.3. The molecule has 0 atom stereocenters. The third-order valence-corrected chi connectivity index (χ3v) is 1.97. The Morgan fingerprint density at radius 1 is 1.46 bits per heavy atom. The lowest BCUT2D eigenvalue weighted by Gasteiger charge is -2.21. The van der Waals surface area contributed by atoms with Crippen molar-refractivity contribution in [1.29, 1.82) is 0 Å². The fourth-order valence-corrected chi connectivity index (χ4v) is 1.34. The van der Waals surface area contributed by atoms with Gasteiger partial charge >= 0.3 is 0 Å². The third-order valence-electron chi connectivity index (χ3n) is 1.97. The maximum absolute atomic E-state index is 4.21. The number of hydrogen-bond acceptors (Lipinski definition) is 4. The molecule has 68 valence electrons. The van der Waals surface area contributed by atoms with E-state index in [1.165, 1.54) is 0 Å². The molecule has 0 unspecified atom stereocenters. The highest BCUT2D eigenvalue weighted by Gasteiger charge is 2.05. The zero-order chi connectivity index (χ0) is 8.93. The molecule has 0 amide bonds. The lowest BCUT2D eigenvalue weighted by molar-refractivity contribution is 0.395. The van der Waals surface area contributed by atoms with Gasteiger partial charge in [0.1, 0.15) is 0 Å². The van der Waals surface area contributed by atoms with Gasteiger partial charge in [-0.1, -0.05) is 0 Å². The SMILES string of the molecule is C1=NCCCN1Cc1cccnn1. The highest BCUT2D eigenvalue weighted by molar-refractivity contribution is 5.55. The molecule has 0 spiro atoms. The smallest absolute Gasteiger partial charge is 0.0853 e. The summed E-state index contributed by atoms with van der Waals surface area (Å²) in [7, 11) is 0. The van der Waals surface area contributed by atoms with Crippen molar-refractivity contribution in [2.75, 3.05) is 13.1 Å². The minimum atomic E-state index is 0.817. The van der Waals surface area contributed by atoms with E-state index < -0.39 is 0 Å². The van der Waals surface area contributed by atoms with Crippen LogP contribution in [0.15, 0.2) is 23.3 Å². The van der Waals surface area contributed by atoms with Crippen LogP contribution < -0.4 is 0 Å². The summed E-state index contributed by atoms with van der Waals surface area (Å²) in [6.45, 7) is 2.84. The Kier molecular flexibility index (Phi) is 2.50. The number of aromatic nitrogens is 2. The molecule has 0 fully saturated rings. The molecule has 1 aliphatic heterocycles. The maximum atomic E-state index is 4.21. The molecule has 0 aliphatic carbocycles. The van der Waals surface area contributed by atoms with Crippen LogP contribution in [0, 0.1) is 0 Å². The number of rotatable bonds is 2. The summed E-state index contributed by atoms with van der Waals surface area (Å²) < 4.78 is 0. The molecule has 0 bridgehead atoms. The summed E-state index contributed by atoms with van der Waals surface area (Å²) in [5, 5.41) is 7.85. The van der Waals surface area contributed by atoms with E-state index in [9.17, 15) is 0 Å². The highest BCUT2D eigenvalue weighted by Crippen LogP contribution is 2.02. The predicted octanol–water partition coefficient (Wildman–Crippen LogP) is 0.711. The topological polar surface area (TPSA) is 41.4 Å². The average Bonchev–Trinajstić information content (AvgIpc) is 2.21. The quantitative estimate of drug-likeness (QED) is 0.666. The van der Waals surface area contributed by atoms with Gasteiger partial charge < -0.3 is 4.90 Å². The molecule has 0 saturated heterocycles. The third kappa shape index (κ3) is 2.24. The largest absolute Gasteiger partial charge is 0.357 e. The van der Waals surface area contributed by atoms with Crippen LogP contribution in [0.4, 0.5) is 0 Å². The van der Waals surface area contributed by atoms with Gasteiger partial charge in [-0.2, -0.15) is 10.2 Å². The Bertz CT molecular complexity index is 283. The van der Waals surface area contributed by atoms with Gasteiger partial charge in [0.25, 0.3) is 0 Å². The molecule has 0 N–H and O–H groups in total. The summed E-state index contributed by atoms with van der Waals surface area (Å²) in [6, 6.07) is 3.89. The number of hydrogen-bond donors (Lipinski definition) is 0. The van der Waals surface area contributed by atoms with E-state index in [2.05, 4.69) is 20.1 Å². The molecule has 4 nitrogen and oxygen atoms in total. The van der Waals surface area contributed by atoms with Crippen LogP contribution in [-0.2, 0) is 6.54 Å². The van der Waals surface area contributed by atoms with E-state index in [1.54, 1.807) is 6.20 Å². The second-order valence-corrected chi connectivity index (χ2v) is 3.06. The summed E-state index contributed by atoms with van der Waals surface area (Å²) in [6.07, 6.45) is 4.72. The van der Waals surface area contributed by atoms with Crippen LogP contribution in [0.2, 0.25) is 0 Å². The molecular weight excluding hydrogens is 164 g/mol. The molecule has 0 radical (unpaired) electrons. The zero-order valence-electron chi connectivity index (χ0n) is 7.43. The van der Waals surface area contributed by atoms with Crippen molar-refractivity contribution >= 4 is 6.34 Å². The number of nitrogens with zero attached hydrogens (tertiary/aromatic N) is 4. The molecule has 4 heteroatoms. The van der Waals surface area contributed by atoms with E-state index in [0.29, 0.717) is 0 Å². The molecular formula is C9H12N4. The molecule has 0 aromatic carbocycles. The van der Waals surface area contributed by atoms with Crippen molar-refractivity contribution < 1.29 is 0 Å². The zero-order valence-corrected chi connectivity index (χ0v) is 7.43. The fraction of sp³-hybridized carbons (Fsp3) is 0.444. The standard InChI is InChI=1S/C9H12N4/c1-3-9(12-11-5-1)7-13-6-2-4-10-8-13/h1,3,5,8H,2,4,6-7H2.